The number of carbonyl (C=O) groups is 2. The number of piperidine rings is 1. The van der Waals surface area contributed by atoms with Gasteiger partial charge in [-0.05, 0) is 26.2 Å². The first kappa shape index (κ1) is 13.5. The Morgan fingerprint density at radius 3 is 2.65 bits per heavy atom. The van der Waals surface area contributed by atoms with Crippen LogP contribution in [0.4, 0.5) is 4.79 Å². The fraction of sp³-hybridized carbons (Fsp3) is 0.667. The molecular formula is C12H20N2O3. The predicted octanol–water partition coefficient (Wildman–Crippen LogP) is 1.55. The summed E-state index contributed by atoms with van der Waals surface area (Å²) >= 11 is 0. The van der Waals surface area contributed by atoms with Crippen LogP contribution in [-0.4, -0.2) is 53.1 Å². The van der Waals surface area contributed by atoms with E-state index in [0.717, 1.165) is 18.4 Å². The van der Waals surface area contributed by atoms with E-state index in [0.29, 0.717) is 19.5 Å². The Balaban J connectivity index is 2.70. The number of hydrogen-bond acceptors (Lipinski definition) is 2. The Morgan fingerprint density at radius 2 is 2.12 bits per heavy atom. The van der Waals surface area contributed by atoms with Gasteiger partial charge in [0.05, 0.1) is 0 Å². The molecule has 17 heavy (non-hydrogen) atoms. The van der Waals surface area contributed by atoms with E-state index < -0.39 is 12.0 Å². The minimum Gasteiger partial charge on any atom is -0.480 e. The van der Waals surface area contributed by atoms with E-state index in [1.54, 1.807) is 7.05 Å². The monoisotopic (exact) mass is 240 g/mol. The summed E-state index contributed by atoms with van der Waals surface area (Å²) < 4.78 is 0. The molecule has 0 bridgehead atoms. The van der Waals surface area contributed by atoms with Gasteiger partial charge in [0.25, 0.3) is 0 Å². The van der Waals surface area contributed by atoms with E-state index in [2.05, 4.69) is 6.58 Å². The largest absolute Gasteiger partial charge is 0.480 e. The summed E-state index contributed by atoms with van der Waals surface area (Å²) in [4.78, 5) is 26.2. The number of hydrogen-bond donors (Lipinski definition) is 1. The Bertz CT molecular complexity index is 328. The van der Waals surface area contributed by atoms with Gasteiger partial charge in [-0.25, -0.2) is 9.59 Å². The van der Waals surface area contributed by atoms with Crippen LogP contribution >= 0.6 is 0 Å². The minimum atomic E-state index is -0.915. The molecule has 5 heteroatoms. The van der Waals surface area contributed by atoms with E-state index in [-0.39, 0.29) is 6.03 Å². The van der Waals surface area contributed by atoms with Crippen LogP contribution in [0.3, 0.4) is 0 Å². The van der Waals surface area contributed by atoms with Crippen LogP contribution in [0.5, 0.6) is 0 Å². The van der Waals surface area contributed by atoms with Gasteiger partial charge in [0.2, 0.25) is 0 Å². The molecule has 1 saturated heterocycles. The first-order valence-corrected chi connectivity index (χ1v) is 5.82. The quantitative estimate of drug-likeness (QED) is 0.761. The van der Waals surface area contributed by atoms with Crippen molar-refractivity contribution in [3.8, 4) is 0 Å². The lowest BCUT2D eigenvalue weighted by Crippen LogP contribution is -2.52. The number of rotatable bonds is 3. The Morgan fingerprint density at radius 1 is 1.47 bits per heavy atom. The third-order valence-corrected chi connectivity index (χ3v) is 2.87. The fourth-order valence-electron chi connectivity index (χ4n) is 2.11. The van der Waals surface area contributed by atoms with E-state index in [1.807, 2.05) is 6.92 Å². The van der Waals surface area contributed by atoms with Gasteiger partial charge < -0.3 is 14.9 Å². The van der Waals surface area contributed by atoms with Crippen molar-refractivity contribution >= 4 is 12.0 Å². The van der Waals surface area contributed by atoms with Crippen molar-refractivity contribution in [2.75, 3.05) is 20.1 Å². The van der Waals surface area contributed by atoms with Gasteiger partial charge in [0.15, 0.2) is 0 Å². The van der Waals surface area contributed by atoms with Crippen LogP contribution in [0.15, 0.2) is 12.2 Å². The number of urea groups is 1. The second kappa shape index (κ2) is 5.70. The molecule has 0 aromatic heterocycles. The maximum atomic E-state index is 12.1. The zero-order chi connectivity index (χ0) is 13.0. The standard InChI is InChI=1S/C12H20N2O3/c1-9(2)8-13(3)12(17)14-7-5-4-6-10(14)11(15)16/h10H,1,4-8H2,2-3H3,(H,15,16). The molecule has 1 unspecified atom stereocenters. The van der Waals surface area contributed by atoms with Crippen LogP contribution in [0.25, 0.3) is 0 Å². The molecule has 1 N–H and O–H groups in total. The molecule has 1 aliphatic rings. The maximum absolute atomic E-state index is 12.1. The van der Waals surface area contributed by atoms with Crippen LogP contribution in [0.2, 0.25) is 0 Å². The molecule has 1 atom stereocenters. The molecule has 2 amide bonds. The van der Waals surface area contributed by atoms with Crippen molar-refractivity contribution in [3.05, 3.63) is 12.2 Å². The average Bonchev–Trinajstić information content (AvgIpc) is 2.27. The number of likely N-dealkylation sites (tertiary alicyclic amines) is 1. The molecule has 0 radical (unpaired) electrons. The zero-order valence-corrected chi connectivity index (χ0v) is 10.5. The van der Waals surface area contributed by atoms with Gasteiger partial charge in [0, 0.05) is 20.1 Å². The highest BCUT2D eigenvalue weighted by Gasteiger charge is 2.33. The van der Waals surface area contributed by atoms with Crippen molar-refractivity contribution in [2.24, 2.45) is 0 Å². The lowest BCUT2D eigenvalue weighted by atomic mass is 10.0. The van der Waals surface area contributed by atoms with E-state index in [4.69, 9.17) is 5.11 Å². The summed E-state index contributed by atoms with van der Waals surface area (Å²) in [5.74, 6) is -0.915. The van der Waals surface area contributed by atoms with Gasteiger partial charge >= 0.3 is 12.0 Å². The molecule has 1 aliphatic heterocycles. The number of carboxylic acids is 1. The number of aliphatic carboxylic acids is 1. The van der Waals surface area contributed by atoms with Gasteiger partial charge in [-0.3, -0.25) is 0 Å². The number of carbonyl (C=O) groups excluding carboxylic acids is 1. The minimum absolute atomic E-state index is 0.222. The van der Waals surface area contributed by atoms with E-state index in [1.165, 1.54) is 9.80 Å². The van der Waals surface area contributed by atoms with Gasteiger partial charge in [-0.1, -0.05) is 12.2 Å². The van der Waals surface area contributed by atoms with Crippen molar-refractivity contribution in [2.45, 2.75) is 32.2 Å². The molecule has 0 spiro atoms. The zero-order valence-electron chi connectivity index (χ0n) is 10.5. The van der Waals surface area contributed by atoms with Crippen LogP contribution < -0.4 is 0 Å². The van der Waals surface area contributed by atoms with Gasteiger partial charge in [0.1, 0.15) is 6.04 Å². The summed E-state index contributed by atoms with van der Waals surface area (Å²) in [5.41, 5.74) is 0.879. The molecular weight excluding hydrogens is 220 g/mol. The molecule has 0 aliphatic carbocycles. The lowest BCUT2D eigenvalue weighted by Gasteiger charge is -2.35. The van der Waals surface area contributed by atoms with E-state index >= 15 is 0 Å². The number of carboxylic acid groups (broad SMARTS) is 1. The molecule has 96 valence electrons. The highest BCUT2D eigenvalue weighted by Crippen LogP contribution is 2.18. The van der Waals surface area contributed by atoms with Gasteiger partial charge in [-0.2, -0.15) is 0 Å². The number of amides is 2. The summed E-state index contributed by atoms with van der Waals surface area (Å²) in [5, 5.41) is 9.09. The predicted molar refractivity (Wildman–Crippen MR) is 64.8 cm³/mol. The Kier molecular flexibility index (Phi) is 4.54. The van der Waals surface area contributed by atoms with Crippen LogP contribution in [0.1, 0.15) is 26.2 Å². The first-order chi connectivity index (χ1) is 7.93. The number of nitrogens with zero attached hydrogens (tertiary/aromatic N) is 2. The van der Waals surface area contributed by atoms with Crippen molar-refractivity contribution in [1.82, 2.24) is 9.80 Å². The highest BCUT2D eigenvalue weighted by molar-refractivity contribution is 5.82. The van der Waals surface area contributed by atoms with Gasteiger partial charge in [-0.15, -0.1) is 0 Å². The van der Waals surface area contributed by atoms with E-state index in [9.17, 15) is 9.59 Å². The smallest absolute Gasteiger partial charge is 0.326 e. The topological polar surface area (TPSA) is 60.9 Å². The molecule has 0 aromatic rings. The summed E-state index contributed by atoms with van der Waals surface area (Å²) in [7, 11) is 1.67. The Labute approximate surface area is 102 Å². The van der Waals surface area contributed by atoms with Crippen molar-refractivity contribution < 1.29 is 14.7 Å². The second-order valence-electron chi connectivity index (χ2n) is 4.64. The fourth-order valence-corrected chi connectivity index (χ4v) is 2.11. The lowest BCUT2D eigenvalue weighted by molar-refractivity contribution is -0.143. The highest BCUT2D eigenvalue weighted by atomic mass is 16.4. The second-order valence-corrected chi connectivity index (χ2v) is 4.64. The molecule has 1 heterocycles. The summed E-state index contributed by atoms with van der Waals surface area (Å²) in [6, 6.07) is -0.899. The molecule has 1 rings (SSSR count). The third-order valence-electron chi connectivity index (χ3n) is 2.87. The molecule has 0 saturated carbocycles. The van der Waals surface area contributed by atoms with Crippen molar-refractivity contribution in [3.63, 3.8) is 0 Å². The van der Waals surface area contributed by atoms with Crippen LogP contribution in [-0.2, 0) is 4.79 Å². The first-order valence-electron chi connectivity index (χ1n) is 5.82. The number of likely N-dealkylation sites (N-methyl/N-ethyl adjacent to an activating group) is 1. The normalized spacial score (nSPS) is 19.9. The Hall–Kier alpha value is -1.52. The average molecular weight is 240 g/mol. The summed E-state index contributed by atoms with van der Waals surface area (Å²) in [6.07, 6.45) is 2.28. The molecule has 0 aromatic carbocycles. The SMILES string of the molecule is C=C(C)CN(C)C(=O)N1CCCCC1C(=O)O. The van der Waals surface area contributed by atoms with Crippen LogP contribution in [0, 0.1) is 0 Å². The third kappa shape index (κ3) is 3.47. The van der Waals surface area contributed by atoms with Crippen molar-refractivity contribution in [1.29, 1.82) is 0 Å². The summed E-state index contributed by atoms with van der Waals surface area (Å²) in [6.45, 7) is 6.57. The maximum Gasteiger partial charge on any atom is 0.326 e. The molecule has 5 nitrogen and oxygen atoms in total. The molecule has 1 fully saturated rings.